The summed E-state index contributed by atoms with van der Waals surface area (Å²) in [7, 11) is 0. The number of pyridine rings is 1. The Morgan fingerprint density at radius 3 is 2.56 bits per heavy atom. The summed E-state index contributed by atoms with van der Waals surface area (Å²) >= 11 is 1.61. The number of amides is 1. The maximum Gasteiger partial charge on any atom is 0.252 e. The van der Waals surface area contributed by atoms with Gasteiger partial charge in [-0.15, -0.1) is 11.3 Å². The summed E-state index contributed by atoms with van der Waals surface area (Å²) in [6.07, 6.45) is 1.64. The van der Waals surface area contributed by atoms with Crippen molar-refractivity contribution in [2.75, 3.05) is 0 Å². The molecule has 1 aromatic carbocycles. The number of nitrogens with one attached hydrogen (secondary N) is 1. The van der Waals surface area contributed by atoms with Crippen LogP contribution in [0.4, 0.5) is 4.39 Å². The fourth-order valence-electron chi connectivity index (χ4n) is 2.33. The second-order valence-corrected chi connectivity index (χ2v) is 7.03. The molecular weight excluding hydrogens is 339 g/mol. The third-order valence-corrected chi connectivity index (χ3v) is 4.54. The van der Waals surface area contributed by atoms with E-state index in [0.717, 1.165) is 15.3 Å². The van der Waals surface area contributed by atoms with Crippen molar-refractivity contribution in [3.8, 4) is 11.6 Å². The molecule has 0 atom stereocenters. The molecule has 0 radical (unpaired) electrons. The molecule has 0 spiro atoms. The Hall–Kier alpha value is -2.73. The minimum atomic E-state index is -0.317. The first-order valence-corrected chi connectivity index (χ1v) is 8.56. The van der Waals surface area contributed by atoms with Gasteiger partial charge in [0, 0.05) is 28.6 Å². The number of rotatable bonds is 5. The highest BCUT2D eigenvalue weighted by atomic mass is 32.1. The lowest BCUT2D eigenvalue weighted by Crippen LogP contribution is -2.22. The van der Waals surface area contributed by atoms with Crippen molar-refractivity contribution in [2.45, 2.75) is 20.4 Å². The van der Waals surface area contributed by atoms with Gasteiger partial charge in [0.25, 0.3) is 5.91 Å². The van der Waals surface area contributed by atoms with Crippen LogP contribution in [0.5, 0.6) is 11.6 Å². The maximum atomic E-state index is 12.9. The molecule has 0 bridgehead atoms. The predicted octanol–water partition coefficient (Wildman–Crippen LogP) is 4.62. The molecule has 3 rings (SSSR count). The van der Waals surface area contributed by atoms with Gasteiger partial charge in [-0.25, -0.2) is 9.37 Å². The Kier molecular flexibility index (Phi) is 5.09. The zero-order chi connectivity index (χ0) is 17.8. The molecule has 1 amide bonds. The third-order valence-electron chi connectivity index (χ3n) is 3.57. The number of hydrogen-bond acceptors (Lipinski definition) is 4. The zero-order valence-corrected chi connectivity index (χ0v) is 14.7. The van der Waals surface area contributed by atoms with Gasteiger partial charge in [-0.05, 0) is 49.7 Å². The molecule has 0 aliphatic carbocycles. The van der Waals surface area contributed by atoms with E-state index in [2.05, 4.69) is 10.3 Å². The van der Waals surface area contributed by atoms with Gasteiger partial charge in [-0.2, -0.15) is 0 Å². The first-order valence-electron chi connectivity index (χ1n) is 7.75. The highest BCUT2D eigenvalue weighted by Crippen LogP contribution is 2.21. The summed E-state index contributed by atoms with van der Waals surface area (Å²) in [6.45, 7) is 4.31. The molecule has 25 heavy (non-hydrogen) atoms. The Morgan fingerprint density at radius 1 is 1.20 bits per heavy atom. The first-order chi connectivity index (χ1) is 12.0. The molecule has 4 nitrogen and oxygen atoms in total. The Balaban J connectivity index is 1.58. The van der Waals surface area contributed by atoms with E-state index in [4.69, 9.17) is 4.74 Å². The van der Waals surface area contributed by atoms with Gasteiger partial charge in [0.2, 0.25) is 5.88 Å². The molecule has 0 saturated carbocycles. The molecule has 0 saturated heterocycles. The Bertz CT molecular complexity index is 873. The molecule has 1 N–H and O–H groups in total. The van der Waals surface area contributed by atoms with E-state index >= 15 is 0 Å². The van der Waals surface area contributed by atoms with Gasteiger partial charge in [0.15, 0.2) is 0 Å². The van der Waals surface area contributed by atoms with Crippen molar-refractivity contribution >= 4 is 17.2 Å². The molecule has 2 aromatic heterocycles. The number of carbonyl (C=O) groups excluding carboxylic acids is 1. The van der Waals surface area contributed by atoms with E-state index in [-0.39, 0.29) is 11.7 Å². The normalized spacial score (nSPS) is 10.5. The highest BCUT2D eigenvalue weighted by molar-refractivity contribution is 7.12. The number of carbonyl (C=O) groups is 1. The molecule has 0 aliphatic heterocycles. The number of ether oxygens (including phenoxy) is 1. The number of aryl methyl sites for hydroxylation is 2. The van der Waals surface area contributed by atoms with Crippen LogP contribution in [0.1, 0.15) is 25.7 Å². The van der Waals surface area contributed by atoms with E-state index in [9.17, 15) is 9.18 Å². The first kappa shape index (κ1) is 17.1. The van der Waals surface area contributed by atoms with Crippen LogP contribution in [0.25, 0.3) is 0 Å². The molecule has 128 valence electrons. The number of nitrogens with zero attached hydrogens (tertiary/aromatic N) is 1. The number of halogens is 1. The zero-order valence-electron chi connectivity index (χ0n) is 13.9. The Morgan fingerprint density at radius 2 is 1.96 bits per heavy atom. The van der Waals surface area contributed by atoms with E-state index in [0.29, 0.717) is 23.7 Å². The van der Waals surface area contributed by atoms with Crippen molar-refractivity contribution in [2.24, 2.45) is 0 Å². The van der Waals surface area contributed by atoms with Crippen LogP contribution in [-0.4, -0.2) is 10.9 Å². The smallest absolute Gasteiger partial charge is 0.252 e. The summed E-state index contributed by atoms with van der Waals surface area (Å²) in [5, 5.41) is 2.89. The maximum absolute atomic E-state index is 12.9. The van der Waals surface area contributed by atoms with Crippen molar-refractivity contribution in [1.82, 2.24) is 10.3 Å². The van der Waals surface area contributed by atoms with Gasteiger partial charge in [0.05, 0.1) is 5.56 Å². The molecule has 0 aliphatic rings. The lowest BCUT2D eigenvalue weighted by atomic mass is 10.2. The van der Waals surface area contributed by atoms with Gasteiger partial charge in [0.1, 0.15) is 11.6 Å². The lowest BCUT2D eigenvalue weighted by Gasteiger charge is -2.07. The van der Waals surface area contributed by atoms with Crippen molar-refractivity contribution < 1.29 is 13.9 Å². The minimum Gasteiger partial charge on any atom is -0.439 e. The average Bonchev–Trinajstić information content (AvgIpc) is 2.94. The standard InChI is InChI=1S/C19H17FN2O2S/c1-12-9-17(13(2)25-12)19(23)22-11-14-3-8-18(21-10-14)24-16-6-4-15(20)5-7-16/h3-10H,11H2,1-2H3,(H,22,23). The quantitative estimate of drug-likeness (QED) is 0.726. The molecule has 2 heterocycles. The van der Waals surface area contributed by atoms with Crippen molar-refractivity contribution in [1.29, 1.82) is 0 Å². The van der Waals surface area contributed by atoms with E-state index in [1.54, 1.807) is 23.6 Å². The van der Waals surface area contributed by atoms with Gasteiger partial charge in [-0.1, -0.05) is 6.07 Å². The fraction of sp³-hybridized carbons (Fsp3) is 0.158. The monoisotopic (exact) mass is 356 g/mol. The van der Waals surface area contributed by atoms with Gasteiger partial charge < -0.3 is 10.1 Å². The van der Waals surface area contributed by atoms with Crippen LogP contribution in [0.15, 0.2) is 48.7 Å². The van der Waals surface area contributed by atoms with E-state index in [1.807, 2.05) is 26.0 Å². The van der Waals surface area contributed by atoms with Crippen LogP contribution < -0.4 is 10.1 Å². The number of thiophene rings is 1. The molecule has 0 unspecified atom stereocenters. The molecule has 3 aromatic rings. The molecule has 6 heteroatoms. The minimum absolute atomic E-state index is 0.0894. The average molecular weight is 356 g/mol. The summed E-state index contributed by atoms with van der Waals surface area (Å²) in [5.74, 6) is 0.514. The van der Waals surface area contributed by atoms with Crippen LogP contribution in [0, 0.1) is 19.7 Å². The predicted molar refractivity (Wildman–Crippen MR) is 95.7 cm³/mol. The topological polar surface area (TPSA) is 51.2 Å². The lowest BCUT2D eigenvalue weighted by molar-refractivity contribution is 0.0951. The van der Waals surface area contributed by atoms with Crippen LogP contribution >= 0.6 is 11.3 Å². The highest BCUT2D eigenvalue weighted by Gasteiger charge is 2.11. The number of benzene rings is 1. The van der Waals surface area contributed by atoms with Gasteiger partial charge in [-0.3, -0.25) is 4.79 Å². The third kappa shape index (κ3) is 4.42. The van der Waals surface area contributed by atoms with Crippen molar-refractivity contribution in [3.63, 3.8) is 0 Å². The largest absolute Gasteiger partial charge is 0.439 e. The summed E-state index contributed by atoms with van der Waals surface area (Å²) in [6, 6.07) is 11.2. The van der Waals surface area contributed by atoms with E-state index < -0.39 is 0 Å². The van der Waals surface area contributed by atoms with Crippen LogP contribution in [-0.2, 0) is 6.54 Å². The SMILES string of the molecule is Cc1cc(C(=O)NCc2ccc(Oc3ccc(F)cc3)nc2)c(C)s1. The van der Waals surface area contributed by atoms with Gasteiger partial charge >= 0.3 is 0 Å². The summed E-state index contributed by atoms with van der Waals surface area (Å²) < 4.78 is 18.4. The summed E-state index contributed by atoms with van der Waals surface area (Å²) in [4.78, 5) is 18.5. The second-order valence-electron chi connectivity index (χ2n) is 5.57. The second kappa shape index (κ2) is 7.44. The molecular formula is C19H17FN2O2S. The Labute approximate surface area is 149 Å². The summed E-state index contributed by atoms with van der Waals surface area (Å²) in [5.41, 5.74) is 1.58. The van der Waals surface area contributed by atoms with Crippen LogP contribution in [0.3, 0.4) is 0 Å². The fourth-order valence-corrected chi connectivity index (χ4v) is 3.25. The number of hydrogen-bond donors (Lipinski definition) is 1. The number of aromatic nitrogens is 1. The van der Waals surface area contributed by atoms with Crippen LogP contribution in [0.2, 0.25) is 0 Å². The van der Waals surface area contributed by atoms with Crippen molar-refractivity contribution in [3.05, 3.63) is 75.4 Å². The van der Waals surface area contributed by atoms with E-state index in [1.165, 1.54) is 24.3 Å². The molecule has 0 fully saturated rings.